The summed E-state index contributed by atoms with van der Waals surface area (Å²) in [4.78, 5) is 16.1. The molecule has 0 N–H and O–H groups in total. The van der Waals surface area contributed by atoms with Crippen LogP contribution in [0.3, 0.4) is 0 Å². The summed E-state index contributed by atoms with van der Waals surface area (Å²) >= 11 is 5.62. The SMILES string of the molecule is O=c1c(Cl)cc(C(F)(F)F)cn1Cc1cc(F)cc2cccnc12. The van der Waals surface area contributed by atoms with Gasteiger partial charge in [0.1, 0.15) is 10.8 Å². The second-order valence-corrected chi connectivity index (χ2v) is 5.55. The molecule has 0 radical (unpaired) electrons. The summed E-state index contributed by atoms with van der Waals surface area (Å²) in [5.41, 5.74) is -1.17. The van der Waals surface area contributed by atoms with E-state index in [1.807, 2.05) is 0 Å². The summed E-state index contributed by atoms with van der Waals surface area (Å²) in [6.07, 6.45) is -2.51. The minimum Gasteiger partial charge on any atom is -0.309 e. The Morgan fingerprint density at radius 1 is 1.21 bits per heavy atom. The number of nitrogens with zero attached hydrogens (tertiary/aromatic N) is 2. The van der Waals surface area contributed by atoms with Crippen LogP contribution in [-0.2, 0) is 12.7 Å². The quantitative estimate of drug-likeness (QED) is 0.643. The smallest absolute Gasteiger partial charge is 0.309 e. The maximum absolute atomic E-state index is 13.7. The Morgan fingerprint density at radius 2 is 1.96 bits per heavy atom. The molecule has 0 fully saturated rings. The van der Waals surface area contributed by atoms with Gasteiger partial charge in [-0.1, -0.05) is 17.7 Å². The van der Waals surface area contributed by atoms with Crippen molar-refractivity contribution in [2.75, 3.05) is 0 Å². The molecule has 0 aliphatic heterocycles. The summed E-state index contributed by atoms with van der Waals surface area (Å²) in [6.45, 7) is -0.284. The van der Waals surface area contributed by atoms with E-state index in [0.29, 0.717) is 23.2 Å². The highest BCUT2D eigenvalue weighted by Gasteiger charge is 2.32. The van der Waals surface area contributed by atoms with Gasteiger partial charge >= 0.3 is 6.18 Å². The van der Waals surface area contributed by atoms with Crippen LogP contribution in [0.15, 0.2) is 47.5 Å². The van der Waals surface area contributed by atoms with Crippen LogP contribution in [0, 0.1) is 5.82 Å². The molecule has 3 aromatic rings. The van der Waals surface area contributed by atoms with E-state index in [1.165, 1.54) is 12.3 Å². The van der Waals surface area contributed by atoms with E-state index in [4.69, 9.17) is 11.6 Å². The second-order valence-electron chi connectivity index (χ2n) is 5.15. The van der Waals surface area contributed by atoms with E-state index in [9.17, 15) is 22.4 Å². The van der Waals surface area contributed by atoms with E-state index in [0.717, 1.165) is 10.6 Å². The van der Waals surface area contributed by atoms with Gasteiger partial charge in [0.25, 0.3) is 5.56 Å². The lowest BCUT2D eigenvalue weighted by Crippen LogP contribution is -2.23. The maximum atomic E-state index is 13.7. The molecule has 0 spiro atoms. The molecule has 0 saturated carbocycles. The summed E-state index contributed by atoms with van der Waals surface area (Å²) in [5.74, 6) is -0.573. The number of hydrogen-bond acceptors (Lipinski definition) is 2. The van der Waals surface area contributed by atoms with Crippen molar-refractivity contribution >= 4 is 22.5 Å². The van der Waals surface area contributed by atoms with Crippen LogP contribution in [-0.4, -0.2) is 9.55 Å². The predicted molar refractivity (Wildman–Crippen MR) is 81.5 cm³/mol. The summed E-state index contributed by atoms with van der Waals surface area (Å²) < 4.78 is 53.2. The third-order valence-electron chi connectivity index (χ3n) is 3.46. The average Bonchev–Trinajstić information content (AvgIpc) is 2.50. The Kier molecular flexibility index (Phi) is 4.04. The topological polar surface area (TPSA) is 34.9 Å². The van der Waals surface area contributed by atoms with Crippen LogP contribution in [0.2, 0.25) is 5.02 Å². The lowest BCUT2D eigenvalue weighted by Gasteiger charge is -2.13. The van der Waals surface area contributed by atoms with E-state index >= 15 is 0 Å². The monoisotopic (exact) mass is 356 g/mol. The highest BCUT2D eigenvalue weighted by atomic mass is 35.5. The van der Waals surface area contributed by atoms with Crippen molar-refractivity contribution < 1.29 is 17.6 Å². The number of hydrogen-bond donors (Lipinski definition) is 0. The normalized spacial score (nSPS) is 11.9. The fraction of sp³-hybridized carbons (Fsp3) is 0.125. The van der Waals surface area contributed by atoms with E-state index < -0.39 is 28.1 Å². The van der Waals surface area contributed by atoms with Gasteiger partial charge in [-0.05, 0) is 24.3 Å². The van der Waals surface area contributed by atoms with Gasteiger partial charge in [-0.2, -0.15) is 13.2 Å². The number of fused-ring (bicyclic) bond motifs is 1. The molecule has 8 heteroatoms. The zero-order valence-corrected chi connectivity index (χ0v) is 12.7. The summed E-state index contributed by atoms with van der Waals surface area (Å²) in [7, 11) is 0. The lowest BCUT2D eigenvalue weighted by molar-refractivity contribution is -0.138. The Balaban J connectivity index is 2.16. The molecule has 0 saturated heterocycles. The first-order chi connectivity index (χ1) is 11.3. The van der Waals surface area contributed by atoms with Crippen LogP contribution in [0.1, 0.15) is 11.1 Å². The standard InChI is InChI=1S/C16H9ClF4N2O/c17-13-6-11(16(19,20)21)8-23(15(13)24)7-10-5-12(18)4-9-2-1-3-22-14(9)10/h1-6,8H,7H2. The van der Waals surface area contributed by atoms with Crippen molar-refractivity contribution in [3.8, 4) is 0 Å². The molecule has 0 aliphatic rings. The molecule has 0 bridgehead atoms. The van der Waals surface area contributed by atoms with Crippen LogP contribution in [0.4, 0.5) is 17.6 Å². The first-order valence-electron chi connectivity index (χ1n) is 6.76. The number of alkyl halides is 3. The van der Waals surface area contributed by atoms with Crippen LogP contribution >= 0.6 is 11.6 Å². The zero-order valence-electron chi connectivity index (χ0n) is 11.9. The second kappa shape index (κ2) is 5.90. The average molecular weight is 357 g/mol. The van der Waals surface area contributed by atoms with Crippen LogP contribution in [0.25, 0.3) is 10.9 Å². The van der Waals surface area contributed by atoms with E-state index in [1.54, 1.807) is 12.1 Å². The molecule has 1 aromatic carbocycles. The van der Waals surface area contributed by atoms with Gasteiger partial charge in [-0.25, -0.2) is 4.39 Å². The molecule has 0 amide bonds. The van der Waals surface area contributed by atoms with Crippen LogP contribution in [0.5, 0.6) is 0 Å². The Hall–Kier alpha value is -2.41. The lowest BCUT2D eigenvalue weighted by atomic mass is 10.1. The Labute approximate surface area is 138 Å². The zero-order chi connectivity index (χ0) is 17.5. The molecule has 24 heavy (non-hydrogen) atoms. The van der Waals surface area contributed by atoms with Crippen molar-refractivity contribution in [3.05, 3.63) is 75.0 Å². The van der Waals surface area contributed by atoms with Gasteiger partial charge in [0, 0.05) is 23.3 Å². The predicted octanol–water partition coefficient (Wildman–Crippen LogP) is 4.26. The van der Waals surface area contributed by atoms with Crippen LogP contribution < -0.4 is 5.56 Å². The molecular weight excluding hydrogens is 348 g/mol. The number of aromatic nitrogens is 2. The fourth-order valence-electron chi connectivity index (χ4n) is 2.40. The van der Waals surface area contributed by atoms with Gasteiger partial charge in [-0.15, -0.1) is 0 Å². The summed E-state index contributed by atoms with van der Waals surface area (Å²) in [5, 5.41) is -0.0721. The third-order valence-corrected chi connectivity index (χ3v) is 3.73. The van der Waals surface area contributed by atoms with E-state index in [2.05, 4.69) is 4.98 Å². The van der Waals surface area contributed by atoms with Crippen molar-refractivity contribution in [1.29, 1.82) is 0 Å². The van der Waals surface area contributed by atoms with Crippen molar-refractivity contribution in [3.63, 3.8) is 0 Å². The minimum atomic E-state index is -4.65. The molecule has 2 heterocycles. The Bertz CT molecular complexity index is 982. The molecule has 3 nitrogen and oxygen atoms in total. The van der Waals surface area contributed by atoms with Gasteiger partial charge in [0.05, 0.1) is 17.6 Å². The van der Waals surface area contributed by atoms with Gasteiger partial charge in [-0.3, -0.25) is 9.78 Å². The Morgan fingerprint density at radius 3 is 2.67 bits per heavy atom. The molecule has 0 unspecified atom stereocenters. The van der Waals surface area contributed by atoms with Crippen molar-refractivity contribution in [2.24, 2.45) is 0 Å². The largest absolute Gasteiger partial charge is 0.417 e. The minimum absolute atomic E-state index is 0.281. The van der Waals surface area contributed by atoms with Gasteiger partial charge < -0.3 is 4.57 Å². The number of benzene rings is 1. The van der Waals surface area contributed by atoms with Crippen molar-refractivity contribution in [1.82, 2.24) is 9.55 Å². The first-order valence-corrected chi connectivity index (χ1v) is 7.14. The molecule has 0 atom stereocenters. The van der Waals surface area contributed by atoms with Gasteiger partial charge in [0.2, 0.25) is 0 Å². The maximum Gasteiger partial charge on any atom is 0.417 e. The van der Waals surface area contributed by atoms with Gasteiger partial charge in [0.15, 0.2) is 0 Å². The van der Waals surface area contributed by atoms with E-state index in [-0.39, 0.29) is 12.1 Å². The molecule has 3 rings (SSSR count). The molecule has 2 aromatic heterocycles. The fourth-order valence-corrected chi connectivity index (χ4v) is 2.63. The molecule has 124 valence electrons. The number of halogens is 5. The summed E-state index contributed by atoms with van der Waals surface area (Å²) in [6, 6.07) is 6.20. The highest BCUT2D eigenvalue weighted by molar-refractivity contribution is 6.30. The first kappa shape index (κ1) is 16.4. The number of rotatable bonds is 2. The van der Waals surface area contributed by atoms with Crippen molar-refractivity contribution in [2.45, 2.75) is 12.7 Å². The third kappa shape index (κ3) is 3.12. The molecular formula is C16H9ClF4N2O. The highest BCUT2D eigenvalue weighted by Crippen LogP contribution is 2.30. The number of pyridine rings is 2. The molecule has 0 aliphatic carbocycles.